The number of rotatable bonds is 6. The van der Waals surface area contributed by atoms with Gasteiger partial charge in [-0.2, -0.15) is 5.10 Å². The van der Waals surface area contributed by atoms with Crippen LogP contribution in [0.25, 0.3) is 0 Å². The first-order chi connectivity index (χ1) is 14.5. The number of H-pyrrole nitrogens is 1. The highest BCUT2D eigenvalue weighted by Gasteiger charge is 2.42. The highest BCUT2D eigenvalue weighted by atomic mass is 16.5. The molecule has 1 amide bonds. The van der Waals surface area contributed by atoms with Gasteiger partial charge in [0.15, 0.2) is 5.69 Å². The lowest BCUT2D eigenvalue weighted by atomic mass is 9.98. The second-order valence-electron chi connectivity index (χ2n) is 6.96. The van der Waals surface area contributed by atoms with E-state index in [0.717, 1.165) is 22.6 Å². The van der Waals surface area contributed by atoms with Gasteiger partial charge in [-0.15, -0.1) is 0 Å². The summed E-state index contributed by atoms with van der Waals surface area (Å²) in [5.74, 6) is 0.209. The lowest BCUT2D eigenvalue weighted by Crippen LogP contribution is -2.29. The summed E-state index contributed by atoms with van der Waals surface area (Å²) in [4.78, 5) is 26.9. The van der Waals surface area contributed by atoms with Crippen molar-refractivity contribution in [3.05, 3.63) is 76.6 Å². The van der Waals surface area contributed by atoms with E-state index in [0.29, 0.717) is 30.2 Å². The minimum atomic E-state index is -0.385. The molecule has 7 heteroatoms. The molecule has 0 fully saturated rings. The van der Waals surface area contributed by atoms with Gasteiger partial charge >= 0.3 is 5.97 Å². The third-order valence-corrected chi connectivity index (χ3v) is 5.11. The minimum absolute atomic E-state index is 0.183. The maximum atomic E-state index is 13.2. The molecule has 0 aliphatic carbocycles. The third-order valence-electron chi connectivity index (χ3n) is 5.11. The van der Waals surface area contributed by atoms with Crippen molar-refractivity contribution in [2.24, 2.45) is 0 Å². The lowest BCUT2D eigenvalue weighted by molar-refractivity contribution is 0.0526. The Kier molecular flexibility index (Phi) is 5.27. The zero-order valence-corrected chi connectivity index (χ0v) is 17.1. The van der Waals surface area contributed by atoms with Gasteiger partial charge in [-0.25, -0.2) is 4.79 Å². The van der Waals surface area contributed by atoms with Crippen LogP contribution >= 0.6 is 0 Å². The number of nitrogens with zero attached hydrogens (tertiary/aromatic N) is 2. The Morgan fingerprint density at radius 1 is 1.07 bits per heavy atom. The van der Waals surface area contributed by atoms with Crippen LogP contribution < -0.4 is 9.64 Å². The van der Waals surface area contributed by atoms with Crippen LogP contribution in [0.1, 0.15) is 57.6 Å². The molecule has 1 N–H and O–H groups in total. The predicted octanol–water partition coefficient (Wildman–Crippen LogP) is 4.04. The molecule has 30 heavy (non-hydrogen) atoms. The molecule has 2 aromatic carbocycles. The molecule has 2 heterocycles. The SMILES string of the molecule is CCOC(=O)c1ccc(N2C(=O)c3n[nH]c(C)c3[C@H]2c2ccc(OCC)cc2)cc1. The molecule has 0 saturated carbocycles. The van der Waals surface area contributed by atoms with Crippen LogP contribution in [-0.4, -0.2) is 35.3 Å². The molecule has 0 spiro atoms. The van der Waals surface area contributed by atoms with Crippen molar-refractivity contribution in [2.75, 3.05) is 18.1 Å². The summed E-state index contributed by atoms with van der Waals surface area (Å²) in [5, 5.41) is 7.16. The van der Waals surface area contributed by atoms with Crippen molar-refractivity contribution in [2.45, 2.75) is 26.8 Å². The number of aromatic nitrogens is 2. The molecular formula is C23H23N3O4. The van der Waals surface area contributed by atoms with Crippen molar-refractivity contribution < 1.29 is 19.1 Å². The number of aromatic amines is 1. The maximum Gasteiger partial charge on any atom is 0.338 e. The van der Waals surface area contributed by atoms with Gasteiger partial charge in [0, 0.05) is 16.9 Å². The van der Waals surface area contributed by atoms with Gasteiger partial charge in [0.1, 0.15) is 5.75 Å². The number of nitrogens with one attached hydrogen (secondary N) is 1. The van der Waals surface area contributed by atoms with Crippen LogP contribution in [0.15, 0.2) is 48.5 Å². The van der Waals surface area contributed by atoms with Crippen molar-refractivity contribution in [1.82, 2.24) is 10.2 Å². The Hall–Kier alpha value is -3.61. The minimum Gasteiger partial charge on any atom is -0.494 e. The van der Waals surface area contributed by atoms with Gasteiger partial charge in [-0.05, 0) is 62.7 Å². The molecule has 0 bridgehead atoms. The number of carbonyl (C=O) groups excluding carboxylic acids is 2. The summed E-state index contributed by atoms with van der Waals surface area (Å²) >= 11 is 0. The van der Waals surface area contributed by atoms with E-state index < -0.39 is 0 Å². The van der Waals surface area contributed by atoms with Gasteiger partial charge in [-0.1, -0.05) is 12.1 Å². The molecule has 7 nitrogen and oxygen atoms in total. The van der Waals surface area contributed by atoms with Crippen LogP contribution in [0.3, 0.4) is 0 Å². The van der Waals surface area contributed by atoms with Crippen molar-refractivity contribution in [1.29, 1.82) is 0 Å². The van der Waals surface area contributed by atoms with Crippen molar-refractivity contribution >= 4 is 17.6 Å². The van der Waals surface area contributed by atoms with Gasteiger partial charge in [-0.3, -0.25) is 14.8 Å². The predicted molar refractivity (Wildman–Crippen MR) is 112 cm³/mol. The van der Waals surface area contributed by atoms with Crippen LogP contribution in [0, 0.1) is 6.92 Å². The van der Waals surface area contributed by atoms with Gasteiger partial charge in [0.2, 0.25) is 0 Å². The van der Waals surface area contributed by atoms with E-state index in [4.69, 9.17) is 9.47 Å². The Labute approximate surface area is 174 Å². The number of carbonyl (C=O) groups is 2. The van der Waals surface area contributed by atoms with Crippen LogP contribution in [0.5, 0.6) is 5.75 Å². The zero-order chi connectivity index (χ0) is 21.3. The fraction of sp³-hybridized carbons (Fsp3) is 0.261. The number of hydrogen-bond donors (Lipinski definition) is 1. The quantitative estimate of drug-likeness (QED) is 0.626. The van der Waals surface area contributed by atoms with Gasteiger partial charge < -0.3 is 9.47 Å². The first kappa shape index (κ1) is 19.7. The zero-order valence-electron chi connectivity index (χ0n) is 17.1. The molecular weight excluding hydrogens is 382 g/mol. The van der Waals surface area contributed by atoms with E-state index in [1.54, 1.807) is 36.1 Å². The normalized spacial score (nSPS) is 15.2. The molecule has 0 unspecified atom stereocenters. The summed E-state index contributed by atoms with van der Waals surface area (Å²) in [5.41, 5.74) is 4.20. The van der Waals surface area contributed by atoms with Crippen LogP contribution in [0.4, 0.5) is 5.69 Å². The molecule has 1 atom stereocenters. The third kappa shape index (κ3) is 3.32. The van der Waals surface area contributed by atoms with E-state index >= 15 is 0 Å². The fourth-order valence-electron chi connectivity index (χ4n) is 3.76. The van der Waals surface area contributed by atoms with Gasteiger partial charge in [0.25, 0.3) is 5.91 Å². The Morgan fingerprint density at radius 2 is 1.77 bits per heavy atom. The number of esters is 1. The summed E-state index contributed by atoms with van der Waals surface area (Å²) in [6.45, 7) is 6.51. The number of hydrogen-bond acceptors (Lipinski definition) is 5. The molecule has 0 saturated heterocycles. The molecule has 0 radical (unpaired) electrons. The Balaban J connectivity index is 1.74. The first-order valence-electron chi connectivity index (χ1n) is 9.93. The highest BCUT2D eigenvalue weighted by molar-refractivity contribution is 6.10. The highest BCUT2D eigenvalue weighted by Crippen LogP contribution is 2.42. The number of benzene rings is 2. The maximum absolute atomic E-state index is 13.2. The molecule has 154 valence electrons. The summed E-state index contributed by atoms with van der Waals surface area (Å²) in [6.07, 6.45) is 0. The topological polar surface area (TPSA) is 84.5 Å². The number of aryl methyl sites for hydroxylation is 1. The largest absolute Gasteiger partial charge is 0.494 e. The average molecular weight is 405 g/mol. The van der Waals surface area contributed by atoms with E-state index in [1.165, 1.54) is 0 Å². The van der Waals surface area contributed by atoms with E-state index in [-0.39, 0.29) is 17.9 Å². The number of fused-ring (bicyclic) bond motifs is 1. The molecule has 4 rings (SSSR count). The summed E-state index contributed by atoms with van der Waals surface area (Å²) in [6, 6.07) is 14.3. The number of ether oxygens (including phenoxy) is 2. The standard InChI is InChI=1S/C23H23N3O4/c1-4-29-18-12-8-15(9-13-18)21-19-14(3)24-25-20(19)22(27)26(21)17-10-6-16(7-11-17)23(28)30-5-2/h6-13,21H,4-5H2,1-3H3,(H,24,25)/t21-/m1/s1. The van der Waals surface area contributed by atoms with Crippen molar-refractivity contribution in [3.63, 3.8) is 0 Å². The van der Waals surface area contributed by atoms with Crippen LogP contribution in [-0.2, 0) is 4.74 Å². The molecule has 1 aliphatic heterocycles. The van der Waals surface area contributed by atoms with Gasteiger partial charge in [0.05, 0.1) is 24.8 Å². The number of amides is 1. The monoisotopic (exact) mass is 405 g/mol. The molecule has 1 aromatic heterocycles. The van der Waals surface area contributed by atoms with E-state index in [2.05, 4.69) is 10.2 Å². The summed E-state index contributed by atoms with van der Waals surface area (Å²) < 4.78 is 10.6. The molecule has 1 aliphatic rings. The fourth-order valence-corrected chi connectivity index (χ4v) is 3.76. The Morgan fingerprint density at radius 3 is 2.40 bits per heavy atom. The van der Waals surface area contributed by atoms with Crippen LogP contribution in [0.2, 0.25) is 0 Å². The second kappa shape index (κ2) is 8.02. The number of anilines is 1. The van der Waals surface area contributed by atoms with E-state index in [9.17, 15) is 9.59 Å². The summed E-state index contributed by atoms with van der Waals surface area (Å²) in [7, 11) is 0. The lowest BCUT2D eigenvalue weighted by Gasteiger charge is -2.26. The average Bonchev–Trinajstić information content (AvgIpc) is 3.27. The van der Waals surface area contributed by atoms with Crippen molar-refractivity contribution in [3.8, 4) is 5.75 Å². The molecule has 3 aromatic rings. The second-order valence-corrected chi connectivity index (χ2v) is 6.96. The smallest absolute Gasteiger partial charge is 0.338 e. The first-order valence-corrected chi connectivity index (χ1v) is 9.93. The van der Waals surface area contributed by atoms with E-state index in [1.807, 2.05) is 38.1 Å². The Bertz CT molecular complexity index is 1070.